The standard InChI is InChI=1S/C13H21N3O/c14-13-10-12(6-7-15-13)16(8-9-17)11-4-2-1-3-5-11/h6-7,10-11,17H,1-5,8-9H2,(H2,14,15). The molecule has 1 aromatic rings. The van der Waals surface area contributed by atoms with Gasteiger partial charge in [0, 0.05) is 30.5 Å². The maximum Gasteiger partial charge on any atom is 0.125 e. The Morgan fingerprint density at radius 3 is 2.76 bits per heavy atom. The molecule has 0 radical (unpaired) electrons. The van der Waals surface area contributed by atoms with Gasteiger partial charge in [0.1, 0.15) is 5.82 Å². The molecule has 0 aromatic carbocycles. The Kier molecular flexibility index (Phi) is 4.20. The van der Waals surface area contributed by atoms with Gasteiger partial charge >= 0.3 is 0 Å². The second kappa shape index (κ2) is 5.87. The van der Waals surface area contributed by atoms with Crippen molar-refractivity contribution in [3.8, 4) is 0 Å². The van der Waals surface area contributed by atoms with E-state index in [0.717, 1.165) is 5.69 Å². The van der Waals surface area contributed by atoms with E-state index >= 15 is 0 Å². The Bertz CT molecular complexity index is 350. The topological polar surface area (TPSA) is 62.4 Å². The number of aliphatic hydroxyl groups is 1. The van der Waals surface area contributed by atoms with Crippen molar-refractivity contribution in [2.45, 2.75) is 38.1 Å². The van der Waals surface area contributed by atoms with E-state index in [2.05, 4.69) is 9.88 Å². The van der Waals surface area contributed by atoms with Gasteiger partial charge in [0.25, 0.3) is 0 Å². The van der Waals surface area contributed by atoms with Crippen molar-refractivity contribution in [3.05, 3.63) is 18.3 Å². The van der Waals surface area contributed by atoms with Crippen LogP contribution in [0.2, 0.25) is 0 Å². The Morgan fingerprint density at radius 1 is 1.35 bits per heavy atom. The zero-order chi connectivity index (χ0) is 12.1. The number of rotatable bonds is 4. The smallest absolute Gasteiger partial charge is 0.125 e. The van der Waals surface area contributed by atoms with Crippen LogP contribution in [0.3, 0.4) is 0 Å². The fourth-order valence-corrected chi connectivity index (χ4v) is 2.64. The zero-order valence-corrected chi connectivity index (χ0v) is 10.2. The van der Waals surface area contributed by atoms with Crippen molar-refractivity contribution in [2.24, 2.45) is 0 Å². The highest BCUT2D eigenvalue weighted by Gasteiger charge is 2.21. The van der Waals surface area contributed by atoms with Crippen molar-refractivity contribution in [3.63, 3.8) is 0 Å². The molecule has 1 aromatic heterocycles. The van der Waals surface area contributed by atoms with Crippen molar-refractivity contribution in [1.82, 2.24) is 4.98 Å². The van der Waals surface area contributed by atoms with Crippen LogP contribution in [0.4, 0.5) is 11.5 Å². The minimum Gasteiger partial charge on any atom is -0.395 e. The third kappa shape index (κ3) is 3.09. The van der Waals surface area contributed by atoms with Gasteiger partial charge in [-0.3, -0.25) is 0 Å². The van der Waals surface area contributed by atoms with E-state index in [4.69, 9.17) is 5.73 Å². The van der Waals surface area contributed by atoms with E-state index in [1.54, 1.807) is 6.20 Å². The van der Waals surface area contributed by atoms with E-state index in [-0.39, 0.29) is 6.61 Å². The third-order valence-electron chi connectivity index (χ3n) is 3.45. The number of pyridine rings is 1. The highest BCUT2D eigenvalue weighted by molar-refractivity contribution is 5.52. The normalized spacial score (nSPS) is 17.0. The summed E-state index contributed by atoms with van der Waals surface area (Å²) in [6.07, 6.45) is 8.06. The van der Waals surface area contributed by atoms with Crippen LogP contribution in [0, 0.1) is 0 Å². The molecule has 0 atom stereocenters. The lowest BCUT2D eigenvalue weighted by Crippen LogP contribution is -2.38. The van der Waals surface area contributed by atoms with Crippen LogP contribution in [0.1, 0.15) is 32.1 Å². The molecule has 1 fully saturated rings. The molecule has 0 saturated heterocycles. The van der Waals surface area contributed by atoms with Crippen LogP contribution < -0.4 is 10.6 Å². The SMILES string of the molecule is Nc1cc(N(CCO)C2CCCCC2)ccn1. The van der Waals surface area contributed by atoms with Crippen molar-refractivity contribution < 1.29 is 5.11 Å². The zero-order valence-electron chi connectivity index (χ0n) is 10.2. The number of hydrogen-bond acceptors (Lipinski definition) is 4. The molecule has 4 nitrogen and oxygen atoms in total. The van der Waals surface area contributed by atoms with Gasteiger partial charge in [0.15, 0.2) is 0 Å². The second-order valence-electron chi connectivity index (χ2n) is 4.65. The summed E-state index contributed by atoms with van der Waals surface area (Å²) in [6, 6.07) is 4.41. The first-order valence-electron chi connectivity index (χ1n) is 6.40. The highest BCUT2D eigenvalue weighted by Crippen LogP contribution is 2.27. The Labute approximate surface area is 102 Å². The molecule has 0 aliphatic heterocycles. The Hall–Kier alpha value is -1.29. The third-order valence-corrected chi connectivity index (χ3v) is 3.45. The quantitative estimate of drug-likeness (QED) is 0.835. The van der Waals surface area contributed by atoms with Crippen LogP contribution in [0.25, 0.3) is 0 Å². The van der Waals surface area contributed by atoms with Gasteiger partial charge in [0.2, 0.25) is 0 Å². The lowest BCUT2D eigenvalue weighted by atomic mass is 9.94. The molecule has 1 heterocycles. The summed E-state index contributed by atoms with van der Waals surface area (Å²) >= 11 is 0. The fourth-order valence-electron chi connectivity index (χ4n) is 2.64. The monoisotopic (exact) mass is 235 g/mol. The van der Waals surface area contributed by atoms with E-state index in [1.165, 1.54) is 32.1 Å². The van der Waals surface area contributed by atoms with Gasteiger partial charge in [-0.05, 0) is 18.9 Å². The summed E-state index contributed by atoms with van der Waals surface area (Å²) in [5, 5.41) is 9.21. The van der Waals surface area contributed by atoms with Crippen molar-refractivity contribution >= 4 is 11.5 Å². The molecule has 2 rings (SSSR count). The Morgan fingerprint density at radius 2 is 2.12 bits per heavy atom. The molecule has 0 bridgehead atoms. The molecular formula is C13H21N3O. The fraction of sp³-hybridized carbons (Fsp3) is 0.615. The average molecular weight is 235 g/mol. The largest absolute Gasteiger partial charge is 0.395 e. The lowest BCUT2D eigenvalue weighted by Gasteiger charge is -2.35. The first-order valence-corrected chi connectivity index (χ1v) is 6.40. The number of aliphatic hydroxyl groups excluding tert-OH is 1. The molecule has 1 aliphatic rings. The number of nitrogens with two attached hydrogens (primary N) is 1. The molecule has 0 amide bonds. The Balaban J connectivity index is 2.15. The van der Waals surface area contributed by atoms with Gasteiger partial charge in [0.05, 0.1) is 6.61 Å². The van der Waals surface area contributed by atoms with E-state index < -0.39 is 0 Å². The first kappa shape index (κ1) is 12.2. The highest BCUT2D eigenvalue weighted by atomic mass is 16.3. The summed E-state index contributed by atoms with van der Waals surface area (Å²) in [7, 11) is 0. The van der Waals surface area contributed by atoms with Crippen LogP contribution in [0.15, 0.2) is 18.3 Å². The number of hydrogen-bond donors (Lipinski definition) is 2. The molecule has 3 N–H and O–H groups in total. The molecule has 0 spiro atoms. The molecule has 0 unspecified atom stereocenters. The van der Waals surface area contributed by atoms with E-state index in [9.17, 15) is 5.11 Å². The minimum absolute atomic E-state index is 0.179. The minimum atomic E-state index is 0.179. The van der Waals surface area contributed by atoms with Crippen LogP contribution >= 0.6 is 0 Å². The number of anilines is 2. The molecule has 1 saturated carbocycles. The van der Waals surface area contributed by atoms with Gasteiger partial charge in [-0.15, -0.1) is 0 Å². The predicted molar refractivity (Wildman–Crippen MR) is 70.0 cm³/mol. The number of nitrogen functional groups attached to an aromatic ring is 1. The van der Waals surface area contributed by atoms with E-state index in [0.29, 0.717) is 18.4 Å². The summed E-state index contributed by atoms with van der Waals surface area (Å²) in [6.45, 7) is 0.854. The second-order valence-corrected chi connectivity index (χ2v) is 4.65. The van der Waals surface area contributed by atoms with Gasteiger partial charge in [-0.2, -0.15) is 0 Å². The summed E-state index contributed by atoms with van der Waals surface area (Å²) in [5.74, 6) is 0.543. The van der Waals surface area contributed by atoms with Crippen LogP contribution in [0.5, 0.6) is 0 Å². The van der Waals surface area contributed by atoms with Crippen molar-refractivity contribution in [2.75, 3.05) is 23.8 Å². The summed E-state index contributed by atoms with van der Waals surface area (Å²) < 4.78 is 0. The maximum absolute atomic E-state index is 9.21. The molecule has 4 heteroatoms. The molecule has 17 heavy (non-hydrogen) atoms. The molecule has 94 valence electrons. The van der Waals surface area contributed by atoms with Crippen molar-refractivity contribution in [1.29, 1.82) is 0 Å². The van der Waals surface area contributed by atoms with Gasteiger partial charge in [-0.1, -0.05) is 19.3 Å². The summed E-state index contributed by atoms with van der Waals surface area (Å²) in [4.78, 5) is 6.29. The summed E-state index contributed by atoms with van der Waals surface area (Å²) in [5.41, 5.74) is 6.80. The van der Waals surface area contributed by atoms with Gasteiger partial charge < -0.3 is 15.7 Å². The van der Waals surface area contributed by atoms with Gasteiger partial charge in [-0.25, -0.2) is 4.98 Å². The maximum atomic E-state index is 9.21. The first-order chi connectivity index (χ1) is 8.31. The average Bonchev–Trinajstić information content (AvgIpc) is 2.37. The molecule has 1 aliphatic carbocycles. The number of aromatic nitrogens is 1. The van der Waals surface area contributed by atoms with E-state index in [1.807, 2.05) is 12.1 Å². The van der Waals surface area contributed by atoms with Crippen LogP contribution in [-0.2, 0) is 0 Å². The predicted octanol–water partition coefficient (Wildman–Crippen LogP) is 1.80. The number of nitrogens with zero attached hydrogens (tertiary/aromatic N) is 2. The molecular weight excluding hydrogens is 214 g/mol. The van der Waals surface area contributed by atoms with Crippen LogP contribution in [-0.4, -0.2) is 29.3 Å². The lowest BCUT2D eigenvalue weighted by molar-refractivity contribution is 0.290.